The van der Waals surface area contributed by atoms with Crippen LogP contribution in [0.4, 0.5) is 17.1 Å². The number of rotatable bonds is 7. The number of nitrogens with zero attached hydrogens (tertiary/aromatic N) is 3. The molecule has 0 aliphatic rings. The number of hydrogen-bond donors (Lipinski definition) is 0. The maximum atomic E-state index is 3.99. The first-order chi connectivity index (χ1) is 30.3. The fraction of sp³-hybridized carbons (Fsp3) is 0.0690. The molecule has 0 saturated heterocycles. The number of halogens is 1. The first-order valence-electron chi connectivity index (χ1n) is 21.3. The predicted octanol–water partition coefficient (Wildman–Crippen LogP) is 16.7. The molecule has 0 N–H and O–H groups in total. The van der Waals surface area contributed by atoms with Crippen molar-refractivity contribution in [2.24, 2.45) is 0 Å². The van der Waals surface area contributed by atoms with Crippen LogP contribution in [0.3, 0.4) is 0 Å². The second-order valence-electron chi connectivity index (χ2n) is 17.2. The zero-order valence-electron chi connectivity index (χ0n) is 34.9. The van der Waals surface area contributed by atoms with Gasteiger partial charge >= 0.3 is 0 Å². The second-order valence-corrected chi connectivity index (χ2v) is 18.1. The van der Waals surface area contributed by atoms with E-state index in [1.807, 2.05) is 0 Å². The lowest BCUT2D eigenvalue weighted by Crippen LogP contribution is -2.17. The van der Waals surface area contributed by atoms with Crippen molar-refractivity contribution in [1.29, 1.82) is 0 Å². The van der Waals surface area contributed by atoms with E-state index >= 15 is 0 Å². The zero-order valence-corrected chi connectivity index (χ0v) is 36.5. The Hall–Kier alpha value is -7.14. The highest BCUT2D eigenvalue weighted by molar-refractivity contribution is 9.10. The Bertz CT molecular complexity index is 3390. The van der Waals surface area contributed by atoms with E-state index in [0.717, 1.165) is 55.1 Å². The van der Waals surface area contributed by atoms with E-state index in [-0.39, 0.29) is 5.41 Å². The summed E-state index contributed by atoms with van der Waals surface area (Å²) < 4.78 is 5.92. The van der Waals surface area contributed by atoms with E-state index in [1.54, 1.807) is 0 Å². The molecule has 2 aromatic heterocycles. The maximum absolute atomic E-state index is 3.99. The Balaban J connectivity index is 1.26. The van der Waals surface area contributed by atoms with Gasteiger partial charge in [0, 0.05) is 48.6 Å². The monoisotopic (exact) mass is 861 g/mol. The van der Waals surface area contributed by atoms with Crippen molar-refractivity contribution in [3.05, 3.63) is 222 Å². The van der Waals surface area contributed by atoms with Gasteiger partial charge in [0.25, 0.3) is 0 Å². The van der Waals surface area contributed by atoms with Crippen molar-refractivity contribution in [3.63, 3.8) is 0 Å². The molecule has 11 rings (SSSR count). The SMILES string of the molecule is CC(C)(C)c1cc(Br)cc(N(c2ccc(-c3ccccc3)cc2)c2c(-c3ccc4c5ccccc5n(-c5ccccc5)c4c3)cccc2-n2c3ccccc3c3ccccc32)c1. The third-order valence-corrected chi connectivity index (χ3v) is 12.8. The summed E-state index contributed by atoms with van der Waals surface area (Å²) in [6.45, 7) is 6.86. The molecule has 9 aromatic carbocycles. The Morgan fingerprint density at radius 3 is 1.56 bits per heavy atom. The third kappa shape index (κ3) is 6.42. The molecule has 0 bridgehead atoms. The van der Waals surface area contributed by atoms with Crippen LogP contribution < -0.4 is 4.90 Å². The molecule has 4 heteroatoms. The molecule has 3 nitrogen and oxygen atoms in total. The summed E-state index contributed by atoms with van der Waals surface area (Å²) in [5.41, 5.74) is 15.9. The standard InChI is InChI=1S/C58H44BrN3/c1-58(2,3)42-36-43(59)38-46(37-42)60(45-32-29-40(30-33-45)39-17-6-4-7-18-39)57-47(24-16-28-55(57)62-53-26-14-11-21-48(53)49-22-12-15-27-54(49)62)41-31-34-51-50-23-10-13-25-52(50)61(56(51)35-41)44-19-8-5-9-20-44/h4-38H,1-3H3. The highest BCUT2D eigenvalue weighted by Crippen LogP contribution is 2.49. The molecule has 0 fully saturated rings. The van der Waals surface area contributed by atoms with Crippen LogP contribution in [0, 0.1) is 0 Å². The average Bonchev–Trinajstić information content (AvgIpc) is 3.82. The van der Waals surface area contributed by atoms with E-state index in [9.17, 15) is 0 Å². The van der Waals surface area contributed by atoms with Gasteiger partial charge in [-0.05, 0) is 100 Å². The molecule has 298 valence electrons. The minimum atomic E-state index is -0.0908. The molecule has 0 aliphatic heterocycles. The largest absolute Gasteiger partial charge is 0.309 e. The summed E-state index contributed by atoms with van der Waals surface area (Å²) in [6.07, 6.45) is 0. The van der Waals surface area contributed by atoms with Crippen molar-refractivity contribution in [3.8, 4) is 33.6 Å². The highest BCUT2D eigenvalue weighted by Gasteiger charge is 2.27. The van der Waals surface area contributed by atoms with Gasteiger partial charge in [-0.1, -0.05) is 176 Å². The van der Waals surface area contributed by atoms with Crippen LogP contribution in [0.1, 0.15) is 26.3 Å². The van der Waals surface area contributed by atoms with E-state index in [0.29, 0.717) is 0 Å². The lowest BCUT2D eigenvalue weighted by molar-refractivity contribution is 0.590. The predicted molar refractivity (Wildman–Crippen MR) is 267 cm³/mol. The van der Waals surface area contributed by atoms with Gasteiger partial charge in [0.05, 0.1) is 33.4 Å². The minimum Gasteiger partial charge on any atom is -0.309 e. The normalized spacial score (nSPS) is 11.9. The molecule has 0 atom stereocenters. The molecule has 0 unspecified atom stereocenters. The Morgan fingerprint density at radius 2 is 0.935 bits per heavy atom. The molecule has 62 heavy (non-hydrogen) atoms. The molecule has 11 aromatic rings. The Labute approximate surface area is 370 Å². The van der Waals surface area contributed by atoms with E-state index in [1.165, 1.54) is 49.3 Å². The average molecular weight is 863 g/mol. The molecule has 0 spiro atoms. The van der Waals surface area contributed by atoms with Gasteiger partial charge in [0.15, 0.2) is 0 Å². The van der Waals surface area contributed by atoms with Crippen molar-refractivity contribution in [2.45, 2.75) is 26.2 Å². The number of hydrogen-bond acceptors (Lipinski definition) is 1. The van der Waals surface area contributed by atoms with Gasteiger partial charge in [0.1, 0.15) is 0 Å². The van der Waals surface area contributed by atoms with Crippen LogP contribution in [0.25, 0.3) is 77.2 Å². The van der Waals surface area contributed by atoms with Crippen LogP contribution in [-0.4, -0.2) is 9.13 Å². The van der Waals surface area contributed by atoms with Gasteiger partial charge in [-0.15, -0.1) is 0 Å². The van der Waals surface area contributed by atoms with Crippen molar-refractivity contribution in [2.75, 3.05) is 4.90 Å². The van der Waals surface area contributed by atoms with Gasteiger partial charge in [-0.25, -0.2) is 0 Å². The second kappa shape index (κ2) is 15.1. The lowest BCUT2D eigenvalue weighted by atomic mass is 9.86. The molecule has 0 amide bonds. The number of aromatic nitrogens is 2. The van der Waals surface area contributed by atoms with Crippen LogP contribution in [0.2, 0.25) is 0 Å². The number of anilines is 3. The van der Waals surface area contributed by atoms with E-state index in [4.69, 9.17) is 0 Å². The lowest BCUT2D eigenvalue weighted by Gasteiger charge is -2.32. The smallest absolute Gasteiger partial charge is 0.0781 e. The molecule has 2 heterocycles. The summed E-state index contributed by atoms with van der Waals surface area (Å²) in [6, 6.07) is 77.6. The summed E-state index contributed by atoms with van der Waals surface area (Å²) in [7, 11) is 0. The van der Waals surface area contributed by atoms with Crippen LogP contribution in [0.15, 0.2) is 217 Å². The third-order valence-electron chi connectivity index (χ3n) is 12.3. The quantitative estimate of drug-likeness (QED) is 0.156. The summed E-state index contributed by atoms with van der Waals surface area (Å²) in [5, 5.41) is 4.92. The fourth-order valence-corrected chi connectivity index (χ4v) is 9.81. The Morgan fingerprint density at radius 1 is 0.403 bits per heavy atom. The molecule has 0 aliphatic carbocycles. The molecule has 0 saturated carbocycles. The van der Waals surface area contributed by atoms with Gasteiger partial charge in [0.2, 0.25) is 0 Å². The number of para-hydroxylation sites is 5. The van der Waals surface area contributed by atoms with Gasteiger partial charge < -0.3 is 14.0 Å². The first-order valence-corrected chi connectivity index (χ1v) is 22.1. The number of benzene rings is 9. The topological polar surface area (TPSA) is 13.1 Å². The van der Waals surface area contributed by atoms with Crippen molar-refractivity contribution in [1.82, 2.24) is 9.13 Å². The van der Waals surface area contributed by atoms with Gasteiger partial charge in [-0.2, -0.15) is 0 Å². The molecule has 0 radical (unpaired) electrons. The van der Waals surface area contributed by atoms with E-state index < -0.39 is 0 Å². The van der Waals surface area contributed by atoms with Gasteiger partial charge in [-0.3, -0.25) is 0 Å². The maximum Gasteiger partial charge on any atom is 0.0781 e. The number of fused-ring (bicyclic) bond motifs is 6. The van der Waals surface area contributed by atoms with Crippen molar-refractivity contribution < 1.29 is 0 Å². The summed E-state index contributed by atoms with van der Waals surface area (Å²) >= 11 is 3.99. The summed E-state index contributed by atoms with van der Waals surface area (Å²) in [5.74, 6) is 0. The Kier molecular flexibility index (Phi) is 9.21. The molecular weight excluding hydrogens is 819 g/mol. The minimum absolute atomic E-state index is 0.0908. The first kappa shape index (κ1) is 37.8. The highest BCUT2D eigenvalue weighted by atomic mass is 79.9. The fourth-order valence-electron chi connectivity index (χ4n) is 9.33. The zero-order chi connectivity index (χ0) is 42.0. The molecular formula is C58H44BrN3. The van der Waals surface area contributed by atoms with Crippen molar-refractivity contribution >= 4 is 76.6 Å². The van der Waals surface area contributed by atoms with Crippen LogP contribution in [-0.2, 0) is 5.41 Å². The van der Waals surface area contributed by atoms with E-state index in [2.05, 4.69) is 263 Å². The van der Waals surface area contributed by atoms with Crippen LogP contribution >= 0.6 is 15.9 Å². The van der Waals surface area contributed by atoms with Crippen LogP contribution in [0.5, 0.6) is 0 Å². The summed E-state index contributed by atoms with van der Waals surface area (Å²) in [4.78, 5) is 2.49.